The number of allylic oxidation sites excluding steroid dienone is 1. The Morgan fingerprint density at radius 3 is 2.47 bits per heavy atom. The first-order valence-electron chi connectivity index (χ1n) is 9.79. The molecule has 1 aromatic heterocycles. The van der Waals surface area contributed by atoms with Gasteiger partial charge in [0, 0.05) is 17.8 Å². The van der Waals surface area contributed by atoms with E-state index >= 15 is 0 Å². The van der Waals surface area contributed by atoms with Crippen molar-refractivity contribution in [1.29, 1.82) is 0 Å². The van der Waals surface area contributed by atoms with Crippen LogP contribution in [0.3, 0.4) is 0 Å². The van der Waals surface area contributed by atoms with Crippen LogP contribution < -0.4 is 39.0 Å². The standard InChI is InChI=1S/C23H29NO4.Na.H2O/c1-7-27-23(25)18-12-20-17-13-22(28-15(4)5)21(26-6)11-16(17)8-9-24(20)19(18)10-14(2)3;;/h10-13,15H,7-9H2,1-6H3;;1H2/q;+1;/p-1. The minimum Gasteiger partial charge on any atom is -0.870 e. The molecule has 0 fully saturated rings. The number of carbonyl (C=O) groups is 1. The Kier molecular flexibility index (Phi) is 9.69. The maximum Gasteiger partial charge on any atom is 1.00 e. The van der Waals surface area contributed by atoms with Gasteiger partial charge in [-0.1, -0.05) is 5.57 Å². The van der Waals surface area contributed by atoms with E-state index < -0.39 is 0 Å². The summed E-state index contributed by atoms with van der Waals surface area (Å²) in [6.07, 6.45) is 2.95. The van der Waals surface area contributed by atoms with Crippen molar-refractivity contribution in [2.45, 2.75) is 53.7 Å². The monoisotopic (exact) mass is 423 g/mol. The van der Waals surface area contributed by atoms with Crippen molar-refractivity contribution in [2.24, 2.45) is 0 Å². The van der Waals surface area contributed by atoms with Gasteiger partial charge in [0.25, 0.3) is 0 Å². The second kappa shape index (κ2) is 11.0. The molecule has 0 amide bonds. The van der Waals surface area contributed by atoms with E-state index in [-0.39, 0.29) is 47.1 Å². The van der Waals surface area contributed by atoms with Crippen LogP contribution >= 0.6 is 0 Å². The normalized spacial score (nSPS) is 11.4. The number of aromatic nitrogens is 1. The van der Waals surface area contributed by atoms with Crippen molar-refractivity contribution in [2.75, 3.05) is 13.7 Å². The molecule has 1 N–H and O–H groups in total. The average molecular weight is 423 g/mol. The maximum absolute atomic E-state index is 12.6. The molecule has 3 rings (SSSR count). The van der Waals surface area contributed by atoms with E-state index in [0.717, 1.165) is 41.2 Å². The fourth-order valence-electron chi connectivity index (χ4n) is 3.61. The van der Waals surface area contributed by atoms with Crippen molar-refractivity contribution >= 4 is 12.0 Å². The molecule has 0 bridgehead atoms. The van der Waals surface area contributed by atoms with Crippen LogP contribution in [-0.4, -0.2) is 35.8 Å². The molecule has 0 aliphatic carbocycles. The first-order valence-corrected chi connectivity index (χ1v) is 9.79. The molecule has 7 heteroatoms. The number of hydrogen-bond acceptors (Lipinski definition) is 5. The predicted octanol–water partition coefficient (Wildman–Crippen LogP) is 1.93. The van der Waals surface area contributed by atoms with Crippen LogP contribution in [0.15, 0.2) is 23.8 Å². The summed E-state index contributed by atoms with van der Waals surface area (Å²) in [5.74, 6) is 1.17. The number of methoxy groups -OCH3 is 1. The summed E-state index contributed by atoms with van der Waals surface area (Å²) in [4.78, 5) is 12.6. The SMILES string of the molecule is CCOC(=O)c1cc2n(c1C=C(C)C)CCc1cc(OC)c(OC(C)C)cc1-2.[Na+].[OH-]. The number of benzene rings is 1. The van der Waals surface area contributed by atoms with Crippen molar-refractivity contribution in [1.82, 2.24) is 4.57 Å². The number of nitrogens with zero attached hydrogens (tertiary/aromatic N) is 1. The topological polar surface area (TPSA) is 79.7 Å². The summed E-state index contributed by atoms with van der Waals surface area (Å²) in [7, 11) is 1.66. The van der Waals surface area contributed by atoms with E-state index in [4.69, 9.17) is 14.2 Å². The first-order chi connectivity index (χ1) is 13.3. The Morgan fingerprint density at radius 1 is 1.20 bits per heavy atom. The Labute approximate surface area is 200 Å². The Hall–Kier alpha value is -1.73. The van der Waals surface area contributed by atoms with Gasteiger partial charge in [0.2, 0.25) is 0 Å². The predicted molar refractivity (Wildman–Crippen MR) is 113 cm³/mol. The van der Waals surface area contributed by atoms with Gasteiger partial charge >= 0.3 is 35.5 Å². The van der Waals surface area contributed by atoms with E-state index in [0.29, 0.717) is 17.9 Å². The van der Waals surface area contributed by atoms with Crippen LogP contribution in [-0.2, 0) is 17.7 Å². The van der Waals surface area contributed by atoms with Gasteiger partial charge in [0.1, 0.15) is 0 Å². The fourth-order valence-corrected chi connectivity index (χ4v) is 3.61. The number of aryl methyl sites for hydroxylation is 1. The number of hydrogen-bond donors (Lipinski definition) is 0. The number of ether oxygens (including phenoxy) is 3. The summed E-state index contributed by atoms with van der Waals surface area (Å²) >= 11 is 0. The average Bonchev–Trinajstić information content (AvgIpc) is 2.99. The van der Waals surface area contributed by atoms with Crippen LogP contribution in [0.4, 0.5) is 0 Å². The molecule has 30 heavy (non-hydrogen) atoms. The van der Waals surface area contributed by atoms with Crippen LogP contribution in [0.25, 0.3) is 17.3 Å². The zero-order chi connectivity index (χ0) is 20.4. The summed E-state index contributed by atoms with van der Waals surface area (Å²) < 4.78 is 19.0. The Balaban J connectivity index is 0.00000225. The number of rotatable bonds is 6. The van der Waals surface area contributed by atoms with Gasteiger partial charge < -0.3 is 24.3 Å². The minimum atomic E-state index is -0.286. The largest absolute Gasteiger partial charge is 1.00 e. The van der Waals surface area contributed by atoms with E-state index in [2.05, 4.69) is 10.6 Å². The van der Waals surface area contributed by atoms with Crippen molar-refractivity contribution < 1.29 is 54.0 Å². The van der Waals surface area contributed by atoms with Crippen LogP contribution in [0, 0.1) is 0 Å². The van der Waals surface area contributed by atoms with Gasteiger partial charge in [0.05, 0.1) is 31.1 Å². The molecule has 0 spiro atoms. The van der Waals surface area contributed by atoms with Gasteiger partial charge in [0.15, 0.2) is 11.5 Å². The summed E-state index contributed by atoms with van der Waals surface area (Å²) in [5.41, 5.74) is 5.91. The van der Waals surface area contributed by atoms with Gasteiger partial charge in [-0.05, 0) is 70.9 Å². The van der Waals surface area contributed by atoms with Crippen molar-refractivity contribution in [3.05, 3.63) is 40.6 Å². The number of fused-ring (bicyclic) bond motifs is 3. The molecule has 1 aromatic carbocycles. The van der Waals surface area contributed by atoms with Gasteiger partial charge in [-0.15, -0.1) is 0 Å². The Morgan fingerprint density at radius 2 is 1.90 bits per heavy atom. The Bertz CT molecular complexity index is 926. The van der Waals surface area contributed by atoms with Crippen LogP contribution in [0.1, 0.15) is 56.2 Å². The molecule has 1 aliphatic heterocycles. The van der Waals surface area contributed by atoms with E-state index in [9.17, 15) is 4.79 Å². The molecule has 6 nitrogen and oxygen atoms in total. The third-order valence-electron chi connectivity index (χ3n) is 4.69. The third-order valence-corrected chi connectivity index (χ3v) is 4.69. The van der Waals surface area contributed by atoms with Gasteiger partial charge in [-0.3, -0.25) is 0 Å². The molecular formula is C23H30NNaO5. The molecule has 2 heterocycles. The molecular weight excluding hydrogens is 393 g/mol. The molecule has 1 aliphatic rings. The van der Waals surface area contributed by atoms with Crippen molar-refractivity contribution in [3.8, 4) is 22.8 Å². The zero-order valence-electron chi connectivity index (χ0n) is 19.0. The zero-order valence-corrected chi connectivity index (χ0v) is 21.0. The van der Waals surface area contributed by atoms with E-state index in [1.807, 2.05) is 52.8 Å². The summed E-state index contributed by atoms with van der Waals surface area (Å²) in [6.45, 7) is 11.0. The minimum absolute atomic E-state index is 0. The molecule has 0 atom stereocenters. The van der Waals surface area contributed by atoms with Crippen molar-refractivity contribution in [3.63, 3.8) is 0 Å². The third kappa shape index (κ3) is 5.30. The van der Waals surface area contributed by atoms with Gasteiger partial charge in [-0.25, -0.2) is 4.79 Å². The van der Waals surface area contributed by atoms with Crippen LogP contribution in [0.5, 0.6) is 11.5 Å². The van der Waals surface area contributed by atoms with Gasteiger partial charge in [-0.2, -0.15) is 0 Å². The van der Waals surface area contributed by atoms with E-state index in [1.54, 1.807) is 7.11 Å². The molecule has 0 saturated heterocycles. The second-order valence-corrected chi connectivity index (χ2v) is 7.50. The fraction of sp³-hybridized carbons (Fsp3) is 0.435. The second-order valence-electron chi connectivity index (χ2n) is 7.50. The molecule has 158 valence electrons. The smallest absolute Gasteiger partial charge is 0.870 e. The first kappa shape index (κ1) is 26.3. The number of carbonyl (C=O) groups excluding carboxylic acids is 1. The molecule has 0 unspecified atom stereocenters. The number of esters is 1. The van der Waals surface area contributed by atoms with E-state index in [1.165, 1.54) is 5.56 Å². The molecule has 0 radical (unpaired) electrons. The maximum atomic E-state index is 12.6. The molecule has 0 saturated carbocycles. The molecule has 2 aromatic rings. The summed E-state index contributed by atoms with van der Waals surface area (Å²) in [6, 6.07) is 6.02. The van der Waals surface area contributed by atoms with Crippen LogP contribution in [0.2, 0.25) is 0 Å². The summed E-state index contributed by atoms with van der Waals surface area (Å²) in [5, 5.41) is 0. The quantitative estimate of drug-likeness (QED) is 0.524.